The summed E-state index contributed by atoms with van der Waals surface area (Å²) in [4.78, 5) is 13.2. The molecule has 1 heterocycles. The van der Waals surface area contributed by atoms with E-state index in [9.17, 15) is 13.2 Å². The summed E-state index contributed by atoms with van der Waals surface area (Å²) < 4.78 is 39.1. The topological polar surface area (TPSA) is 84.9 Å². The van der Waals surface area contributed by atoms with Gasteiger partial charge in [0, 0.05) is 18.8 Å². The molecule has 1 fully saturated rings. The molecule has 0 spiro atoms. The fourth-order valence-corrected chi connectivity index (χ4v) is 5.57. The average Bonchev–Trinajstić information content (AvgIpc) is 3.19. The van der Waals surface area contributed by atoms with Gasteiger partial charge < -0.3 is 14.8 Å². The molecule has 0 aliphatic carbocycles. The van der Waals surface area contributed by atoms with E-state index in [1.54, 1.807) is 24.3 Å². The van der Waals surface area contributed by atoms with Gasteiger partial charge in [0.2, 0.25) is 10.0 Å². The van der Waals surface area contributed by atoms with E-state index in [-0.39, 0.29) is 10.5 Å². The van der Waals surface area contributed by atoms with Crippen molar-refractivity contribution in [3.05, 3.63) is 83.9 Å². The summed E-state index contributed by atoms with van der Waals surface area (Å²) in [5.41, 5.74) is 1.78. The molecule has 35 heavy (non-hydrogen) atoms. The van der Waals surface area contributed by atoms with Gasteiger partial charge in [0.05, 0.1) is 17.6 Å². The Labute approximate surface area is 206 Å². The number of nitrogens with zero attached hydrogens (tertiary/aromatic N) is 1. The Morgan fingerprint density at radius 3 is 2.26 bits per heavy atom. The van der Waals surface area contributed by atoms with Crippen molar-refractivity contribution >= 4 is 21.6 Å². The number of anilines is 1. The maximum absolute atomic E-state index is 13.2. The highest BCUT2D eigenvalue weighted by Crippen LogP contribution is 2.27. The highest BCUT2D eigenvalue weighted by atomic mass is 32.2. The summed E-state index contributed by atoms with van der Waals surface area (Å²) in [6.45, 7) is 1.44. The quantitative estimate of drug-likeness (QED) is 0.471. The number of methoxy groups -OCH3 is 1. The molecule has 1 aliphatic heterocycles. The molecule has 0 bridgehead atoms. The smallest absolute Gasteiger partial charge is 0.259 e. The van der Waals surface area contributed by atoms with Crippen molar-refractivity contribution in [2.45, 2.75) is 37.2 Å². The first kappa shape index (κ1) is 24.8. The van der Waals surface area contributed by atoms with Crippen molar-refractivity contribution in [1.29, 1.82) is 0 Å². The van der Waals surface area contributed by atoms with Crippen LogP contribution >= 0.6 is 0 Å². The molecule has 1 aliphatic rings. The van der Waals surface area contributed by atoms with Gasteiger partial charge in [0.25, 0.3) is 5.91 Å². The molecule has 0 unspecified atom stereocenters. The largest absolute Gasteiger partial charge is 0.496 e. The average molecular weight is 495 g/mol. The van der Waals surface area contributed by atoms with Crippen LogP contribution < -0.4 is 14.8 Å². The van der Waals surface area contributed by atoms with Gasteiger partial charge in [-0.25, -0.2) is 8.42 Å². The normalized spacial score (nSPS) is 14.7. The fraction of sp³-hybridized carbons (Fsp3) is 0.296. The zero-order valence-corrected chi connectivity index (χ0v) is 20.6. The predicted molar refractivity (Wildman–Crippen MR) is 135 cm³/mol. The van der Waals surface area contributed by atoms with E-state index in [2.05, 4.69) is 5.32 Å². The summed E-state index contributed by atoms with van der Waals surface area (Å²) in [5.74, 6) is 0.530. The molecule has 1 saturated heterocycles. The van der Waals surface area contributed by atoms with E-state index in [0.717, 1.165) is 31.2 Å². The van der Waals surface area contributed by atoms with Crippen LogP contribution in [0.5, 0.6) is 11.5 Å². The van der Waals surface area contributed by atoms with Crippen LogP contribution in [-0.2, 0) is 16.6 Å². The third kappa shape index (κ3) is 6.21. The van der Waals surface area contributed by atoms with Crippen molar-refractivity contribution in [3.63, 3.8) is 0 Å². The minimum atomic E-state index is -3.69. The van der Waals surface area contributed by atoms with E-state index < -0.39 is 15.9 Å². The van der Waals surface area contributed by atoms with Crippen LogP contribution in [0.4, 0.5) is 5.69 Å². The number of ether oxygens (including phenoxy) is 2. The summed E-state index contributed by atoms with van der Waals surface area (Å²) in [6, 6.07) is 21.3. The lowest BCUT2D eigenvalue weighted by molar-refractivity contribution is 0.102. The van der Waals surface area contributed by atoms with Crippen LogP contribution in [0, 0.1) is 0 Å². The Balaban J connectivity index is 1.47. The molecule has 0 aromatic heterocycles. The molecule has 1 amide bonds. The predicted octanol–water partition coefficient (Wildman–Crippen LogP) is 5.09. The minimum Gasteiger partial charge on any atom is -0.496 e. The van der Waals surface area contributed by atoms with Crippen molar-refractivity contribution in [2.75, 3.05) is 25.5 Å². The van der Waals surface area contributed by atoms with Crippen LogP contribution in [0.1, 0.15) is 41.6 Å². The van der Waals surface area contributed by atoms with Crippen molar-refractivity contribution in [1.82, 2.24) is 4.31 Å². The Morgan fingerprint density at radius 1 is 0.914 bits per heavy atom. The van der Waals surface area contributed by atoms with E-state index in [0.29, 0.717) is 36.9 Å². The zero-order chi connectivity index (χ0) is 24.7. The zero-order valence-electron chi connectivity index (χ0n) is 19.8. The number of carbonyl (C=O) groups is 1. The number of amides is 1. The molecule has 184 valence electrons. The van der Waals surface area contributed by atoms with E-state index >= 15 is 0 Å². The number of hydrogen-bond acceptors (Lipinski definition) is 5. The van der Waals surface area contributed by atoms with Gasteiger partial charge in [-0.15, -0.1) is 0 Å². The van der Waals surface area contributed by atoms with Crippen molar-refractivity contribution in [2.24, 2.45) is 0 Å². The molecular weight excluding hydrogens is 464 g/mol. The van der Waals surface area contributed by atoms with Crippen molar-refractivity contribution < 1.29 is 22.7 Å². The molecule has 8 heteroatoms. The maximum Gasteiger partial charge on any atom is 0.259 e. The maximum atomic E-state index is 13.2. The number of hydrogen-bond donors (Lipinski definition) is 1. The molecule has 0 saturated carbocycles. The molecule has 0 radical (unpaired) electrons. The summed E-state index contributed by atoms with van der Waals surface area (Å²) in [7, 11) is -2.24. The molecule has 3 aromatic rings. The second-order valence-corrected chi connectivity index (χ2v) is 10.4. The molecule has 7 nitrogen and oxygen atoms in total. The van der Waals surface area contributed by atoms with Crippen LogP contribution in [0.2, 0.25) is 0 Å². The molecule has 1 N–H and O–H groups in total. The lowest BCUT2D eigenvalue weighted by atomic mass is 10.2. The van der Waals surface area contributed by atoms with Gasteiger partial charge in [-0.2, -0.15) is 4.31 Å². The molecule has 3 aromatic carbocycles. The fourth-order valence-electron chi connectivity index (χ4n) is 4.03. The van der Waals surface area contributed by atoms with E-state index in [4.69, 9.17) is 9.47 Å². The standard InChI is InChI=1S/C27H30N2O5S/c1-33-26-16-15-24(35(31,32)29-17-7-2-3-8-18-29)19-25(26)27(30)28-22-11-13-23(14-12-22)34-20-21-9-5-4-6-10-21/h4-6,9-16,19H,2-3,7-8,17-18,20H2,1H3,(H,28,30). The Kier molecular flexibility index (Phi) is 8.05. The van der Waals surface area contributed by atoms with Crippen LogP contribution in [0.15, 0.2) is 77.7 Å². The SMILES string of the molecule is COc1ccc(S(=O)(=O)N2CCCCCC2)cc1C(=O)Nc1ccc(OCc2ccccc2)cc1. The first-order chi connectivity index (χ1) is 17.0. The highest BCUT2D eigenvalue weighted by Gasteiger charge is 2.27. The van der Waals surface area contributed by atoms with E-state index in [1.165, 1.54) is 29.6 Å². The number of carbonyl (C=O) groups excluding carboxylic acids is 1. The van der Waals surface area contributed by atoms with Gasteiger partial charge >= 0.3 is 0 Å². The summed E-state index contributed by atoms with van der Waals surface area (Å²) >= 11 is 0. The summed E-state index contributed by atoms with van der Waals surface area (Å²) in [6.07, 6.45) is 3.73. The van der Waals surface area contributed by atoms with Crippen LogP contribution in [-0.4, -0.2) is 38.8 Å². The number of nitrogens with one attached hydrogen (secondary N) is 1. The minimum absolute atomic E-state index is 0.0926. The van der Waals surface area contributed by atoms with Crippen LogP contribution in [0.3, 0.4) is 0 Å². The third-order valence-electron chi connectivity index (χ3n) is 5.98. The number of benzene rings is 3. The van der Waals surface area contributed by atoms with Gasteiger partial charge in [-0.1, -0.05) is 43.2 Å². The van der Waals surface area contributed by atoms with Gasteiger partial charge in [-0.05, 0) is 60.9 Å². The molecular formula is C27H30N2O5S. The summed E-state index contributed by atoms with van der Waals surface area (Å²) in [5, 5.41) is 2.82. The Bertz CT molecular complexity index is 1240. The second kappa shape index (κ2) is 11.4. The van der Waals surface area contributed by atoms with Crippen molar-refractivity contribution in [3.8, 4) is 11.5 Å². The van der Waals surface area contributed by atoms with Gasteiger partial charge in [-0.3, -0.25) is 4.79 Å². The molecule has 0 atom stereocenters. The van der Waals surface area contributed by atoms with Gasteiger partial charge in [0.1, 0.15) is 18.1 Å². The third-order valence-corrected chi connectivity index (χ3v) is 7.87. The lowest BCUT2D eigenvalue weighted by Crippen LogP contribution is -2.32. The number of rotatable bonds is 8. The van der Waals surface area contributed by atoms with Gasteiger partial charge in [0.15, 0.2) is 0 Å². The van der Waals surface area contributed by atoms with Crippen LogP contribution in [0.25, 0.3) is 0 Å². The van der Waals surface area contributed by atoms with E-state index in [1.807, 2.05) is 30.3 Å². The number of sulfonamides is 1. The Morgan fingerprint density at radius 2 is 1.60 bits per heavy atom. The monoisotopic (exact) mass is 494 g/mol. The highest BCUT2D eigenvalue weighted by molar-refractivity contribution is 7.89. The first-order valence-electron chi connectivity index (χ1n) is 11.7. The lowest BCUT2D eigenvalue weighted by Gasteiger charge is -2.20. The molecule has 4 rings (SSSR count). The Hall–Kier alpha value is -3.36. The first-order valence-corrected chi connectivity index (χ1v) is 13.2. The second-order valence-electron chi connectivity index (χ2n) is 8.43.